The van der Waals surface area contributed by atoms with Gasteiger partial charge in [-0.1, -0.05) is 30.3 Å². The molecule has 3 aromatic rings. The fraction of sp³-hybridized carbons (Fsp3) is 0.423. The van der Waals surface area contributed by atoms with Crippen molar-refractivity contribution in [3.63, 3.8) is 0 Å². The maximum Gasteiger partial charge on any atom is 0.220 e. The third kappa shape index (κ3) is 5.53. The second kappa shape index (κ2) is 10.3. The lowest BCUT2D eigenvalue weighted by molar-refractivity contribution is -0.122. The smallest absolute Gasteiger partial charge is 0.220 e. The summed E-state index contributed by atoms with van der Waals surface area (Å²) in [5.74, 6) is 0.941. The van der Waals surface area contributed by atoms with Crippen molar-refractivity contribution in [1.82, 2.24) is 15.6 Å². The number of nitrogens with zero attached hydrogens (tertiary/aromatic N) is 1. The first kappa shape index (κ1) is 23.2. The van der Waals surface area contributed by atoms with Crippen molar-refractivity contribution in [3.8, 4) is 5.75 Å². The third-order valence-electron chi connectivity index (χ3n) is 6.54. The van der Waals surface area contributed by atoms with E-state index in [1.807, 2.05) is 30.6 Å². The first-order valence-corrected chi connectivity index (χ1v) is 12.4. The maximum atomic E-state index is 12.6. The number of aromatic nitrogens is 1. The topological polar surface area (TPSA) is 80.3 Å². The Balaban J connectivity index is 1.38. The number of fused-ring (bicyclic) bond motifs is 1. The van der Waals surface area contributed by atoms with Crippen LogP contribution in [0.15, 0.2) is 41.9 Å². The molecule has 1 aliphatic rings. The van der Waals surface area contributed by atoms with Crippen LogP contribution in [-0.4, -0.2) is 36.0 Å². The Labute approximate surface area is 198 Å². The van der Waals surface area contributed by atoms with Gasteiger partial charge in [0.25, 0.3) is 0 Å². The van der Waals surface area contributed by atoms with Crippen LogP contribution in [0.5, 0.6) is 5.75 Å². The molecule has 2 N–H and O–H groups in total. The number of carbonyl (C=O) groups excluding carboxylic acids is 2. The molecule has 1 saturated heterocycles. The van der Waals surface area contributed by atoms with E-state index in [4.69, 9.17) is 4.74 Å². The SMILES string of the molecule is COc1ccc(C[C@]2(CCC(=O)NCCCc3scnc3C)CCC(=O)N2)c2ccccc12. The molecule has 4 rings (SSSR count). The Morgan fingerprint density at radius 2 is 2.06 bits per heavy atom. The molecule has 1 atom stereocenters. The largest absolute Gasteiger partial charge is 0.496 e. The highest BCUT2D eigenvalue weighted by atomic mass is 32.1. The van der Waals surface area contributed by atoms with Crippen LogP contribution in [0.25, 0.3) is 10.8 Å². The average molecular weight is 466 g/mol. The summed E-state index contributed by atoms with van der Waals surface area (Å²) in [5, 5.41) is 8.43. The van der Waals surface area contributed by atoms with Crippen molar-refractivity contribution in [3.05, 3.63) is 58.0 Å². The fourth-order valence-electron chi connectivity index (χ4n) is 4.70. The lowest BCUT2D eigenvalue weighted by Crippen LogP contribution is -2.44. The molecular formula is C26H31N3O3S. The summed E-state index contributed by atoms with van der Waals surface area (Å²) in [6.07, 6.45) is 4.79. The number of nitrogens with one attached hydrogen (secondary N) is 2. The van der Waals surface area contributed by atoms with E-state index in [9.17, 15) is 9.59 Å². The van der Waals surface area contributed by atoms with E-state index < -0.39 is 5.54 Å². The molecule has 33 heavy (non-hydrogen) atoms. The molecule has 7 heteroatoms. The normalized spacial score (nSPS) is 17.8. The number of aryl methyl sites for hydroxylation is 2. The summed E-state index contributed by atoms with van der Waals surface area (Å²) in [6, 6.07) is 12.2. The van der Waals surface area contributed by atoms with Crippen LogP contribution in [-0.2, 0) is 22.4 Å². The number of hydrogen-bond acceptors (Lipinski definition) is 5. The van der Waals surface area contributed by atoms with E-state index in [0.29, 0.717) is 32.2 Å². The first-order chi connectivity index (χ1) is 16.0. The van der Waals surface area contributed by atoms with Crippen LogP contribution in [0.4, 0.5) is 0 Å². The first-order valence-electron chi connectivity index (χ1n) is 11.5. The molecule has 0 radical (unpaired) electrons. The minimum atomic E-state index is -0.397. The molecule has 1 aromatic heterocycles. The van der Waals surface area contributed by atoms with Gasteiger partial charge in [0.05, 0.1) is 18.3 Å². The van der Waals surface area contributed by atoms with Gasteiger partial charge < -0.3 is 15.4 Å². The number of thiazole rings is 1. The molecule has 0 unspecified atom stereocenters. The molecular weight excluding hydrogens is 434 g/mol. The zero-order valence-electron chi connectivity index (χ0n) is 19.3. The van der Waals surface area contributed by atoms with Crippen LogP contribution >= 0.6 is 11.3 Å². The van der Waals surface area contributed by atoms with Gasteiger partial charge in [0.1, 0.15) is 5.75 Å². The van der Waals surface area contributed by atoms with Gasteiger partial charge in [-0.25, -0.2) is 4.98 Å². The molecule has 1 fully saturated rings. The summed E-state index contributed by atoms with van der Waals surface area (Å²) < 4.78 is 5.52. The van der Waals surface area contributed by atoms with Gasteiger partial charge >= 0.3 is 0 Å². The van der Waals surface area contributed by atoms with E-state index >= 15 is 0 Å². The van der Waals surface area contributed by atoms with Crippen LogP contribution in [0.3, 0.4) is 0 Å². The molecule has 6 nitrogen and oxygen atoms in total. The van der Waals surface area contributed by atoms with Crippen molar-refractivity contribution in [2.24, 2.45) is 0 Å². The standard InChI is InChI=1S/C26H31N3O3S/c1-18-23(33-17-28-18)8-5-15-27-24(30)11-13-26(14-12-25(31)29-26)16-19-9-10-22(32-2)21-7-4-3-6-20(19)21/h3-4,6-7,9-10,17H,5,8,11-16H2,1-2H3,(H,27,30)(H,29,31)/t26-/m0/s1. The number of amides is 2. The molecule has 174 valence electrons. The zero-order chi connectivity index (χ0) is 23.3. The monoisotopic (exact) mass is 465 g/mol. The fourth-order valence-corrected chi connectivity index (χ4v) is 5.52. The van der Waals surface area contributed by atoms with Crippen molar-refractivity contribution in [2.45, 2.75) is 57.4 Å². The van der Waals surface area contributed by atoms with Crippen molar-refractivity contribution >= 4 is 33.9 Å². The average Bonchev–Trinajstić information content (AvgIpc) is 3.40. The van der Waals surface area contributed by atoms with Gasteiger partial charge in [0.15, 0.2) is 0 Å². The lowest BCUT2D eigenvalue weighted by Gasteiger charge is -2.30. The number of benzene rings is 2. The van der Waals surface area contributed by atoms with Crippen molar-refractivity contribution in [2.75, 3.05) is 13.7 Å². The Bertz CT molecular complexity index is 1140. The molecule has 2 heterocycles. The van der Waals surface area contributed by atoms with E-state index in [0.717, 1.165) is 47.0 Å². The molecule has 2 amide bonds. The predicted molar refractivity (Wildman–Crippen MR) is 132 cm³/mol. The summed E-state index contributed by atoms with van der Waals surface area (Å²) in [5.41, 5.74) is 3.71. The number of hydrogen-bond donors (Lipinski definition) is 2. The molecule has 0 aliphatic carbocycles. The number of methoxy groups -OCH3 is 1. The van der Waals surface area contributed by atoms with Crippen LogP contribution in [0.2, 0.25) is 0 Å². The maximum absolute atomic E-state index is 12.6. The highest BCUT2D eigenvalue weighted by Crippen LogP contribution is 2.34. The summed E-state index contributed by atoms with van der Waals surface area (Å²) >= 11 is 1.67. The Morgan fingerprint density at radius 3 is 2.76 bits per heavy atom. The van der Waals surface area contributed by atoms with E-state index in [1.54, 1.807) is 18.4 Å². The van der Waals surface area contributed by atoms with E-state index in [2.05, 4.69) is 33.8 Å². The number of rotatable bonds is 10. The van der Waals surface area contributed by atoms with Gasteiger partial charge in [-0.3, -0.25) is 9.59 Å². The lowest BCUT2D eigenvalue weighted by atomic mass is 9.83. The number of ether oxygens (including phenoxy) is 1. The second-order valence-corrected chi connectivity index (χ2v) is 9.73. The highest BCUT2D eigenvalue weighted by Gasteiger charge is 2.38. The Kier molecular flexibility index (Phi) is 7.28. The van der Waals surface area contributed by atoms with Gasteiger partial charge in [-0.2, -0.15) is 0 Å². The molecule has 0 bridgehead atoms. The van der Waals surface area contributed by atoms with Gasteiger partial charge in [-0.05, 0) is 56.0 Å². The van der Waals surface area contributed by atoms with Crippen LogP contribution < -0.4 is 15.4 Å². The molecule has 2 aromatic carbocycles. The summed E-state index contributed by atoms with van der Waals surface area (Å²) in [7, 11) is 1.68. The van der Waals surface area contributed by atoms with Gasteiger partial charge in [0, 0.05) is 35.2 Å². The summed E-state index contributed by atoms with van der Waals surface area (Å²) in [6.45, 7) is 2.67. The van der Waals surface area contributed by atoms with Gasteiger partial charge in [0.2, 0.25) is 11.8 Å². The molecule has 1 aliphatic heterocycles. The van der Waals surface area contributed by atoms with Gasteiger partial charge in [-0.15, -0.1) is 11.3 Å². The second-order valence-electron chi connectivity index (χ2n) is 8.79. The Hall–Kier alpha value is -2.93. The van der Waals surface area contributed by atoms with Crippen LogP contribution in [0, 0.1) is 6.92 Å². The van der Waals surface area contributed by atoms with Crippen LogP contribution in [0.1, 0.15) is 48.2 Å². The van der Waals surface area contributed by atoms with Crippen molar-refractivity contribution < 1.29 is 14.3 Å². The number of carbonyl (C=O) groups is 2. The zero-order valence-corrected chi connectivity index (χ0v) is 20.1. The Morgan fingerprint density at radius 1 is 1.24 bits per heavy atom. The summed E-state index contributed by atoms with van der Waals surface area (Å²) in [4.78, 5) is 30.3. The highest BCUT2D eigenvalue weighted by molar-refractivity contribution is 7.09. The minimum absolute atomic E-state index is 0.0381. The molecule has 0 saturated carbocycles. The minimum Gasteiger partial charge on any atom is -0.496 e. The van der Waals surface area contributed by atoms with E-state index in [1.165, 1.54) is 4.88 Å². The third-order valence-corrected chi connectivity index (χ3v) is 7.53. The quantitative estimate of drug-likeness (QED) is 0.437. The van der Waals surface area contributed by atoms with Crippen molar-refractivity contribution in [1.29, 1.82) is 0 Å². The predicted octanol–water partition coefficient (Wildman–Crippen LogP) is 4.33. The molecule has 0 spiro atoms. The van der Waals surface area contributed by atoms with E-state index in [-0.39, 0.29) is 11.8 Å².